The molecule has 0 radical (unpaired) electrons. The predicted molar refractivity (Wildman–Crippen MR) is 84.8 cm³/mol. The summed E-state index contributed by atoms with van der Waals surface area (Å²) < 4.78 is 5.26. The molecule has 21 heavy (non-hydrogen) atoms. The number of hydrogen-bond acceptors (Lipinski definition) is 6. The third-order valence-corrected chi connectivity index (χ3v) is 4.78. The number of aromatic nitrogens is 2. The van der Waals surface area contributed by atoms with E-state index < -0.39 is 0 Å². The Morgan fingerprint density at radius 1 is 1.24 bits per heavy atom. The van der Waals surface area contributed by atoms with E-state index in [4.69, 9.17) is 4.52 Å². The summed E-state index contributed by atoms with van der Waals surface area (Å²) in [4.78, 5) is 6.49. The highest BCUT2D eigenvalue weighted by Gasteiger charge is 2.08. The van der Waals surface area contributed by atoms with Gasteiger partial charge < -0.3 is 9.63 Å². The van der Waals surface area contributed by atoms with Gasteiger partial charge in [-0.25, -0.2) is 0 Å². The summed E-state index contributed by atoms with van der Waals surface area (Å²) in [6.45, 7) is 0. The van der Waals surface area contributed by atoms with Crippen LogP contribution in [0.5, 0.6) is 5.75 Å². The lowest BCUT2D eigenvalue weighted by atomic mass is 10.3. The van der Waals surface area contributed by atoms with Gasteiger partial charge in [0.25, 0.3) is 0 Å². The molecule has 108 valence electrons. The van der Waals surface area contributed by atoms with E-state index in [0.717, 1.165) is 28.4 Å². The molecule has 1 aromatic carbocycles. The van der Waals surface area contributed by atoms with Gasteiger partial charge in [0, 0.05) is 11.3 Å². The van der Waals surface area contributed by atoms with Gasteiger partial charge in [0.1, 0.15) is 5.75 Å². The molecular weight excluding hydrogens is 304 g/mol. The molecule has 3 rings (SSSR count). The number of phenolic OH excluding ortho intramolecular Hbond substituents is 1. The smallest absolute Gasteiger partial charge is 0.227 e. The summed E-state index contributed by atoms with van der Waals surface area (Å²) in [7, 11) is 0. The average molecular weight is 318 g/mol. The van der Waals surface area contributed by atoms with Crippen molar-refractivity contribution in [1.82, 2.24) is 10.1 Å². The van der Waals surface area contributed by atoms with Gasteiger partial charge in [-0.05, 0) is 41.8 Å². The second-order valence-electron chi connectivity index (χ2n) is 4.44. The largest absolute Gasteiger partial charge is 0.508 e. The maximum atomic E-state index is 9.40. The monoisotopic (exact) mass is 318 g/mol. The highest BCUT2D eigenvalue weighted by Crippen LogP contribution is 2.24. The van der Waals surface area contributed by atoms with E-state index in [-0.39, 0.29) is 0 Å². The van der Waals surface area contributed by atoms with Crippen LogP contribution in [0.2, 0.25) is 0 Å². The first-order valence-corrected chi connectivity index (χ1v) is 8.46. The topological polar surface area (TPSA) is 59.2 Å². The number of nitrogens with zero attached hydrogens (tertiary/aromatic N) is 2. The van der Waals surface area contributed by atoms with Gasteiger partial charge in [0.2, 0.25) is 11.7 Å². The lowest BCUT2D eigenvalue weighted by molar-refractivity contribution is 0.378. The first kappa shape index (κ1) is 14.2. The minimum absolute atomic E-state index is 0.303. The van der Waals surface area contributed by atoms with Crippen molar-refractivity contribution in [3.05, 3.63) is 47.7 Å². The van der Waals surface area contributed by atoms with Crippen LogP contribution in [0.15, 0.2) is 51.2 Å². The maximum Gasteiger partial charge on any atom is 0.227 e. The minimum Gasteiger partial charge on any atom is -0.508 e. The van der Waals surface area contributed by atoms with E-state index in [1.54, 1.807) is 35.2 Å². The lowest BCUT2D eigenvalue weighted by Crippen LogP contribution is -1.88. The number of thiophene rings is 1. The molecule has 0 amide bonds. The van der Waals surface area contributed by atoms with Crippen molar-refractivity contribution in [3.8, 4) is 16.5 Å². The number of rotatable bonds is 6. The molecule has 2 aromatic heterocycles. The number of hydrogen-bond donors (Lipinski definition) is 1. The highest BCUT2D eigenvalue weighted by atomic mass is 32.2. The molecular formula is C15H14N2O2S2. The van der Waals surface area contributed by atoms with Crippen molar-refractivity contribution in [1.29, 1.82) is 0 Å². The van der Waals surface area contributed by atoms with Gasteiger partial charge in [-0.15, -0.1) is 23.1 Å². The Labute approximate surface area is 130 Å². The van der Waals surface area contributed by atoms with E-state index in [0.29, 0.717) is 17.5 Å². The van der Waals surface area contributed by atoms with Crippen molar-refractivity contribution in [2.75, 3.05) is 5.75 Å². The third-order valence-electron chi connectivity index (χ3n) is 2.83. The Morgan fingerprint density at radius 2 is 2.19 bits per heavy atom. The number of benzene rings is 1. The van der Waals surface area contributed by atoms with E-state index in [1.807, 2.05) is 29.6 Å². The standard InChI is InChI=1S/C15H14N2O2S2/c18-11-4-1-5-12(10-11)20-8-3-7-14-16-15(17-19-14)13-6-2-9-21-13/h1-2,4-6,9-10,18H,3,7-8H2. The fraction of sp³-hybridized carbons (Fsp3) is 0.200. The van der Waals surface area contributed by atoms with Gasteiger partial charge in [0.15, 0.2) is 0 Å². The molecule has 0 aliphatic rings. The van der Waals surface area contributed by atoms with Crippen LogP contribution >= 0.6 is 23.1 Å². The molecule has 3 aromatic rings. The summed E-state index contributed by atoms with van der Waals surface area (Å²) >= 11 is 3.31. The second kappa shape index (κ2) is 6.78. The Bertz CT molecular complexity index is 695. The van der Waals surface area contributed by atoms with Crippen molar-refractivity contribution < 1.29 is 9.63 Å². The molecule has 0 unspecified atom stereocenters. The van der Waals surface area contributed by atoms with E-state index in [9.17, 15) is 5.11 Å². The third kappa shape index (κ3) is 3.86. The molecule has 0 fully saturated rings. The van der Waals surface area contributed by atoms with Gasteiger partial charge in [0.05, 0.1) is 4.88 Å². The zero-order chi connectivity index (χ0) is 14.5. The summed E-state index contributed by atoms with van der Waals surface area (Å²) in [5.74, 6) is 2.59. The summed E-state index contributed by atoms with van der Waals surface area (Å²) in [6, 6.07) is 11.2. The van der Waals surface area contributed by atoms with Crippen LogP contribution in [0.4, 0.5) is 0 Å². The highest BCUT2D eigenvalue weighted by molar-refractivity contribution is 7.99. The number of aryl methyl sites for hydroxylation is 1. The van der Waals surface area contributed by atoms with Crippen LogP contribution in [-0.2, 0) is 6.42 Å². The van der Waals surface area contributed by atoms with Crippen LogP contribution in [0.3, 0.4) is 0 Å². The predicted octanol–water partition coefficient (Wildman–Crippen LogP) is 4.23. The van der Waals surface area contributed by atoms with Gasteiger partial charge in [-0.3, -0.25) is 0 Å². The fourth-order valence-electron chi connectivity index (χ4n) is 1.85. The van der Waals surface area contributed by atoms with Crippen LogP contribution in [0, 0.1) is 0 Å². The second-order valence-corrected chi connectivity index (χ2v) is 6.55. The Hall–Kier alpha value is -1.79. The summed E-state index contributed by atoms with van der Waals surface area (Å²) in [5.41, 5.74) is 0. The van der Waals surface area contributed by atoms with Crippen molar-refractivity contribution in [3.63, 3.8) is 0 Å². The van der Waals surface area contributed by atoms with E-state index >= 15 is 0 Å². The molecule has 1 N–H and O–H groups in total. The zero-order valence-electron chi connectivity index (χ0n) is 11.2. The average Bonchev–Trinajstić information content (AvgIpc) is 3.14. The quantitative estimate of drug-likeness (QED) is 0.544. The molecule has 6 heteroatoms. The normalized spacial score (nSPS) is 10.9. The van der Waals surface area contributed by atoms with Crippen molar-refractivity contribution in [2.45, 2.75) is 17.7 Å². The van der Waals surface area contributed by atoms with Gasteiger partial charge >= 0.3 is 0 Å². The molecule has 0 aliphatic carbocycles. The number of thioether (sulfide) groups is 1. The number of aromatic hydroxyl groups is 1. The molecule has 4 nitrogen and oxygen atoms in total. The van der Waals surface area contributed by atoms with Gasteiger partial charge in [-0.1, -0.05) is 17.3 Å². The van der Waals surface area contributed by atoms with E-state index in [1.165, 1.54) is 0 Å². The first-order chi connectivity index (χ1) is 10.3. The maximum absolute atomic E-state index is 9.40. The Balaban J connectivity index is 1.48. The lowest BCUT2D eigenvalue weighted by Gasteiger charge is -2.00. The van der Waals surface area contributed by atoms with Gasteiger partial charge in [-0.2, -0.15) is 4.98 Å². The molecule has 2 heterocycles. The van der Waals surface area contributed by atoms with Crippen molar-refractivity contribution >= 4 is 23.1 Å². The first-order valence-electron chi connectivity index (χ1n) is 6.59. The van der Waals surface area contributed by atoms with E-state index in [2.05, 4.69) is 10.1 Å². The van der Waals surface area contributed by atoms with Crippen LogP contribution in [0.25, 0.3) is 10.7 Å². The zero-order valence-corrected chi connectivity index (χ0v) is 12.9. The Kier molecular flexibility index (Phi) is 4.57. The minimum atomic E-state index is 0.303. The molecule has 0 bridgehead atoms. The summed E-state index contributed by atoms with van der Waals surface area (Å²) in [5, 5.41) is 15.4. The summed E-state index contributed by atoms with van der Waals surface area (Å²) in [6.07, 6.45) is 1.72. The molecule has 0 aliphatic heterocycles. The fourth-order valence-corrected chi connectivity index (χ4v) is 3.40. The Morgan fingerprint density at radius 3 is 3.00 bits per heavy atom. The van der Waals surface area contributed by atoms with Crippen molar-refractivity contribution in [2.24, 2.45) is 0 Å². The molecule has 0 saturated carbocycles. The number of phenols is 1. The van der Waals surface area contributed by atoms with Crippen LogP contribution < -0.4 is 0 Å². The van der Waals surface area contributed by atoms with Crippen LogP contribution in [0.1, 0.15) is 12.3 Å². The molecule has 0 spiro atoms. The molecule has 0 saturated heterocycles. The SMILES string of the molecule is Oc1cccc(SCCCc2nc(-c3cccs3)no2)c1. The molecule has 0 atom stereocenters. The van der Waals surface area contributed by atoms with Crippen LogP contribution in [-0.4, -0.2) is 21.0 Å².